The molecule has 0 heterocycles. The van der Waals surface area contributed by atoms with Crippen LogP contribution >= 0.6 is 0 Å². The number of hydrogen-bond acceptors (Lipinski definition) is 2. The number of rotatable bonds is 6. The monoisotopic (exact) mass is 282 g/mol. The molecule has 3 nitrogen and oxygen atoms in total. The van der Waals surface area contributed by atoms with E-state index in [1.807, 2.05) is 6.07 Å². The highest BCUT2D eigenvalue weighted by Gasteiger charge is 2.18. The van der Waals surface area contributed by atoms with Crippen LogP contribution in [0.5, 0.6) is 0 Å². The lowest BCUT2D eigenvalue weighted by atomic mass is 9.99. The first-order chi connectivity index (χ1) is 10.3. The minimum Gasteiger partial charge on any atom is -0.351 e. The standard InChI is InChI=1S/C18H22N2O/c1-2-10-19-11-12-20-18(21)16-9-8-14-7-6-13-4-3-5-15(16)17(13)14/h3-5,8-9,19H,2,6-7,10-12H2,1H3,(H,20,21). The summed E-state index contributed by atoms with van der Waals surface area (Å²) in [4.78, 5) is 12.4. The number of carbonyl (C=O) groups excluding carboxylic acids is 1. The maximum Gasteiger partial charge on any atom is 0.251 e. The minimum atomic E-state index is 0.0314. The predicted molar refractivity (Wildman–Crippen MR) is 86.8 cm³/mol. The van der Waals surface area contributed by atoms with Crippen molar-refractivity contribution in [1.82, 2.24) is 10.6 Å². The Kier molecular flexibility index (Phi) is 4.20. The second kappa shape index (κ2) is 6.27. The van der Waals surface area contributed by atoms with Crippen LogP contribution in [0.3, 0.4) is 0 Å². The van der Waals surface area contributed by atoms with Gasteiger partial charge in [-0.25, -0.2) is 0 Å². The van der Waals surface area contributed by atoms with Gasteiger partial charge in [0, 0.05) is 18.7 Å². The third-order valence-corrected chi connectivity index (χ3v) is 4.14. The number of aryl methyl sites for hydroxylation is 2. The first-order valence-electron chi connectivity index (χ1n) is 7.83. The van der Waals surface area contributed by atoms with Crippen molar-refractivity contribution < 1.29 is 4.79 Å². The topological polar surface area (TPSA) is 41.1 Å². The Morgan fingerprint density at radius 1 is 1.05 bits per heavy atom. The number of amides is 1. The molecule has 0 fully saturated rings. The molecule has 0 atom stereocenters. The highest BCUT2D eigenvalue weighted by atomic mass is 16.1. The van der Waals surface area contributed by atoms with Crippen LogP contribution in [0.1, 0.15) is 34.8 Å². The molecular weight excluding hydrogens is 260 g/mol. The van der Waals surface area contributed by atoms with Crippen LogP contribution in [0.2, 0.25) is 0 Å². The molecule has 1 aliphatic carbocycles. The molecule has 0 aromatic heterocycles. The molecule has 2 aromatic carbocycles. The lowest BCUT2D eigenvalue weighted by Crippen LogP contribution is -2.32. The van der Waals surface area contributed by atoms with E-state index in [1.165, 1.54) is 16.5 Å². The zero-order chi connectivity index (χ0) is 14.7. The summed E-state index contributed by atoms with van der Waals surface area (Å²) in [7, 11) is 0. The van der Waals surface area contributed by atoms with Crippen molar-refractivity contribution in [2.45, 2.75) is 26.2 Å². The average Bonchev–Trinajstić information content (AvgIpc) is 2.93. The minimum absolute atomic E-state index is 0.0314. The van der Waals surface area contributed by atoms with Crippen LogP contribution in [-0.2, 0) is 12.8 Å². The maximum atomic E-state index is 12.4. The Labute approximate surface area is 125 Å². The lowest BCUT2D eigenvalue weighted by molar-refractivity contribution is 0.0955. The molecule has 0 saturated heterocycles. The summed E-state index contributed by atoms with van der Waals surface area (Å²) in [5, 5.41) is 8.70. The van der Waals surface area contributed by atoms with Crippen LogP contribution in [0.15, 0.2) is 30.3 Å². The SMILES string of the molecule is CCCNCCNC(=O)c1ccc2c3c(cccc13)CC2. The molecule has 2 aromatic rings. The van der Waals surface area contributed by atoms with Crippen molar-refractivity contribution in [1.29, 1.82) is 0 Å². The Bertz CT molecular complexity index is 653. The maximum absolute atomic E-state index is 12.4. The van der Waals surface area contributed by atoms with Crippen molar-refractivity contribution in [3.63, 3.8) is 0 Å². The molecule has 0 unspecified atom stereocenters. The Hall–Kier alpha value is -1.87. The fraction of sp³-hybridized carbons (Fsp3) is 0.389. The van der Waals surface area contributed by atoms with Gasteiger partial charge >= 0.3 is 0 Å². The van der Waals surface area contributed by atoms with Gasteiger partial charge in [0.2, 0.25) is 0 Å². The van der Waals surface area contributed by atoms with Gasteiger partial charge in [-0.05, 0) is 53.8 Å². The second-order valence-electron chi connectivity index (χ2n) is 5.62. The van der Waals surface area contributed by atoms with Gasteiger partial charge in [-0.2, -0.15) is 0 Å². The number of hydrogen-bond donors (Lipinski definition) is 2. The average molecular weight is 282 g/mol. The summed E-state index contributed by atoms with van der Waals surface area (Å²) in [6, 6.07) is 10.4. The zero-order valence-electron chi connectivity index (χ0n) is 12.5. The van der Waals surface area contributed by atoms with E-state index < -0.39 is 0 Å². The van der Waals surface area contributed by atoms with E-state index in [0.29, 0.717) is 6.54 Å². The summed E-state index contributed by atoms with van der Waals surface area (Å²) in [5.74, 6) is 0.0314. The van der Waals surface area contributed by atoms with Crippen molar-refractivity contribution in [3.8, 4) is 0 Å². The second-order valence-corrected chi connectivity index (χ2v) is 5.62. The normalized spacial score (nSPS) is 12.8. The molecule has 0 spiro atoms. The van der Waals surface area contributed by atoms with E-state index in [1.54, 1.807) is 0 Å². The van der Waals surface area contributed by atoms with Crippen LogP contribution in [0.4, 0.5) is 0 Å². The number of carbonyl (C=O) groups is 1. The van der Waals surface area contributed by atoms with Gasteiger partial charge in [0.05, 0.1) is 0 Å². The first-order valence-corrected chi connectivity index (χ1v) is 7.83. The van der Waals surface area contributed by atoms with Crippen LogP contribution < -0.4 is 10.6 Å². The fourth-order valence-electron chi connectivity index (χ4n) is 3.11. The van der Waals surface area contributed by atoms with Gasteiger partial charge in [-0.15, -0.1) is 0 Å². The lowest BCUT2D eigenvalue weighted by Gasteiger charge is -2.10. The molecule has 3 heteroatoms. The molecule has 1 aliphatic rings. The third-order valence-electron chi connectivity index (χ3n) is 4.14. The highest BCUT2D eigenvalue weighted by molar-refractivity contribution is 6.09. The summed E-state index contributed by atoms with van der Waals surface area (Å²) < 4.78 is 0. The molecule has 2 N–H and O–H groups in total. The van der Waals surface area contributed by atoms with Crippen molar-refractivity contribution in [2.24, 2.45) is 0 Å². The largest absolute Gasteiger partial charge is 0.351 e. The van der Waals surface area contributed by atoms with Crippen molar-refractivity contribution in [2.75, 3.05) is 19.6 Å². The van der Waals surface area contributed by atoms with Gasteiger partial charge in [0.15, 0.2) is 0 Å². The highest BCUT2D eigenvalue weighted by Crippen LogP contribution is 2.32. The van der Waals surface area contributed by atoms with Crippen LogP contribution in [0, 0.1) is 0 Å². The first kappa shape index (κ1) is 14.1. The van der Waals surface area contributed by atoms with E-state index in [-0.39, 0.29) is 5.91 Å². The molecule has 0 bridgehead atoms. The molecule has 0 aliphatic heterocycles. The summed E-state index contributed by atoms with van der Waals surface area (Å²) >= 11 is 0. The van der Waals surface area contributed by atoms with E-state index in [0.717, 1.165) is 43.3 Å². The van der Waals surface area contributed by atoms with Gasteiger partial charge in [0.25, 0.3) is 5.91 Å². The van der Waals surface area contributed by atoms with Crippen molar-refractivity contribution >= 4 is 16.7 Å². The van der Waals surface area contributed by atoms with Gasteiger partial charge in [0.1, 0.15) is 0 Å². The van der Waals surface area contributed by atoms with Crippen LogP contribution in [-0.4, -0.2) is 25.5 Å². The van der Waals surface area contributed by atoms with E-state index in [4.69, 9.17) is 0 Å². The zero-order valence-corrected chi connectivity index (χ0v) is 12.5. The Balaban J connectivity index is 1.77. The molecular formula is C18H22N2O. The summed E-state index contributed by atoms with van der Waals surface area (Å²) in [5.41, 5.74) is 3.55. The number of benzene rings is 2. The Morgan fingerprint density at radius 3 is 2.67 bits per heavy atom. The summed E-state index contributed by atoms with van der Waals surface area (Å²) in [6.45, 7) is 4.62. The van der Waals surface area contributed by atoms with E-state index in [2.05, 4.69) is 41.8 Å². The van der Waals surface area contributed by atoms with E-state index in [9.17, 15) is 4.79 Å². The van der Waals surface area contributed by atoms with Crippen LogP contribution in [0.25, 0.3) is 10.8 Å². The quantitative estimate of drug-likeness (QED) is 0.800. The molecule has 0 radical (unpaired) electrons. The van der Waals surface area contributed by atoms with Gasteiger partial charge in [-0.1, -0.05) is 31.2 Å². The molecule has 1 amide bonds. The third kappa shape index (κ3) is 2.79. The summed E-state index contributed by atoms with van der Waals surface area (Å²) in [6.07, 6.45) is 3.31. The van der Waals surface area contributed by atoms with Gasteiger partial charge < -0.3 is 10.6 Å². The van der Waals surface area contributed by atoms with Gasteiger partial charge in [-0.3, -0.25) is 4.79 Å². The molecule has 3 rings (SSSR count). The predicted octanol–water partition coefficient (Wildman–Crippen LogP) is 2.67. The fourth-order valence-corrected chi connectivity index (χ4v) is 3.11. The molecule has 110 valence electrons. The Morgan fingerprint density at radius 2 is 1.86 bits per heavy atom. The molecule has 0 saturated carbocycles. The smallest absolute Gasteiger partial charge is 0.251 e. The molecule has 21 heavy (non-hydrogen) atoms. The van der Waals surface area contributed by atoms with E-state index >= 15 is 0 Å². The number of nitrogens with one attached hydrogen (secondary N) is 2. The van der Waals surface area contributed by atoms with Crippen molar-refractivity contribution in [3.05, 3.63) is 47.0 Å².